The van der Waals surface area contributed by atoms with E-state index in [4.69, 9.17) is 9.84 Å². The fourth-order valence-electron chi connectivity index (χ4n) is 2.24. The predicted octanol–water partition coefficient (Wildman–Crippen LogP) is -1.34. The van der Waals surface area contributed by atoms with Crippen LogP contribution >= 0.6 is 12.4 Å². The SMILES string of the molecule is CN(C)Cc1cn(C2CC(O)C(CO)O2)c(=O)[nH]c1=O.Cl. The van der Waals surface area contributed by atoms with Gasteiger partial charge in [0, 0.05) is 24.7 Å². The van der Waals surface area contributed by atoms with Gasteiger partial charge in [-0.1, -0.05) is 0 Å². The Balaban J connectivity index is 0.00000220. The van der Waals surface area contributed by atoms with E-state index < -0.39 is 29.7 Å². The molecule has 1 aromatic heterocycles. The molecular formula is C12H20ClN3O5. The lowest BCUT2D eigenvalue weighted by atomic mass is 10.2. The highest BCUT2D eigenvalue weighted by Crippen LogP contribution is 2.27. The molecule has 0 spiro atoms. The molecule has 1 saturated heterocycles. The van der Waals surface area contributed by atoms with Crippen LogP contribution in [0.2, 0.25) is 0 Å². The third-order valence-corrected chi connectivity index (χ3v) is 3.22. The van der Waals surface area contributed by atoms with Crippen molar-refractivity contribution in [3.63, 3.8) is 0 Å². The molecule has 3 unspecified atom stereocenters. The van der Waals surface area contributed by atoms with E-state index in [0.717, 1.165) is 0 Å². The summed E-state index contributed by atoms with van der Waals surface area (Å²) in [5, 5.41) is 18.8. The molecule has 2 heterocycles. The molecule has 9 heteroatoms. The van der Waals surface area contributed by atoms with E-state index in [1.54, 1.807) is 4.90 Å². The third kappa shape index (κ3) is 3.92. The third-order valence-electron chi connectivity index (χ3n) is 3.22. The van der Waals surface area contributed by atoms with Gasteiger partial charge in [0.15, 0.2) is 0 Å². The van der Waals surface area contributed by atoms with Crippen LogP contribution in [0.25, 0.3) is 0 Å². The summed E-state index contributed by atoms with van der Waals surface area (Å²) >= 11 is 0. The number of H-pyrrole nitrogens is 1. The average molecular weight is 322 g/mol. The maximum absolute atomic E-state index is 11.8. The molecule has 0 saturated carbocycles. The molecule has 0 amide bonds. The molecule has 3 atom stereocenters. The van der Waals surface area contributed by atoms with Crippen LogP contribution in [0, 0.1) is 0 Å². The number of aliphatic hydroxyl groups is 2. The lowest BCUT2D eigenvalue weighted by Gasteiger charge is -2.16. The van der Waals surface area contributed by atoms with Crippen LogP contribution in [0.5, 0.6) is 0 Å². The molecule has 0 aromatic carbocycles. The lowest BCUT2D eigenvalue weighted by Crippen LogP contribution is -2.35. The highest BCUT2D eigenvalue weighted by atomic mass is 35.5. The van der Waals surface area contributed by atoms with Gasteiger partial charge in [-0.05, 0) is 14.1 Å². The highest BCUT2D eigenvalue weighted by molar-refractivity contribution is 5.85. The number of aliphatic hydroxyl groups excluding tert-OH is 2. The van der Waals surface area contributed by atoms with E-state index >= 15 is 0 Å². The van der Waals surface area contributed by atoms with E-state index in [-0.39, 0.29) is 25.4 Å². The average Bonchev–Trinajstić information content (AvgIpc) is 2.73. The van der Waals surface area contributed by atoms with Crippen molar-refractivity contribution in [3.05, 3.63) is 32.6 Å². The van der Waals surface area contributed by atoms with Crippen molar-refractivity contribution in [3.8, 4) is 0 Å². The maximum Gasteiger partial charge on any atom is 0.330 e. The molecule has 1 fully saturated rings. The minimum Gasteiger partial charge on any atom is -0.394 e. The molecule has 1 aromatic rings. The van der Waals surface area contributed by atoms with Gasteiger partial charge in [0.1, 0.15) is 12.3 Å². The second-order valence-electron chi connectivity index (χ2n) is 5.17. The fraction of sp³-hybridized carbons (Fsp3) is 0.667. The van der Waals surface area contributed by atoms with Crippen molar-refractivity contribution >= 4 is 12.4 Å². The first kappa shape index (κ1) is 17.9. The summed E-state index contributed by atoms with van der Waals surface area (Å²) in [5.41, 5.74) is -0.592. The summed E-state index contributed by atoms with van der Waals surface area (Å²) in [5.74, 6) is 0. The second kappa shape index (κ2) is 7.19. The van der Waals surface area contributed by atoms with Crippen molar-refractivity contribution in [2.45, 2.75) is 31.4 Å². The molecule has 0 aliphatic carbocycles. The zero-order chi connectivity index (χ0) is 14.9. The molecular weight excluding hydrogens is 302 g/mol. The number of rotatable bonds is 4. The van der Waals surface area contributed by atoms with Crippen molar-refractivity contribution in [1.29, 1.82) is 0 Å². The molecule has 120 valence electrons. The normalized spacial score (nSPS) is 25.1. The lowest BCUT2D eigenvalue weighted by molar-refractivity contribution is -0.0460. The molecule has 3 N–H and O–H groups in total. The fourth-order valence-corrected chi connectivity index (χ4v) is 2.24. The maximum atomic E-state index is 11.8. The molecule has 2 rings (SSSR count). The van der Waals surface area contributed by atoms with Crippen LogP contribution in [0.1, 0.15) is 18.2 Å². The van der Waals surface area contributed by atoms with Gasteiger partial charge in [-0.3, -0.25) is 14.3 Å². The van der Waals surface area contributed by atoms with Gasteiger partial charge in [0.05, 0.1) is 12.7 Å². The summed E-state index contributed by atoms with van der Waals surface area (Å²) in [7, 11) is 3.62. The Morgan fingerprint density at radius 3 is 2.67 bits per heavy atom. The number of hydrogen-bond donors (Lipinski definition) is 3. The van der Waals surface area contributed by atoms with Crippen molar-refractivity contribution < 1.29 is 14.9 Å². The van der Waals surface area contributed by atoms with Gasteiger partial charge in [-0.2, -0.15) is 0 Å². The number of aromatic amines is 1. The second-order valence-corrected chi connectivity index (χ2v) is 5.17. The number of nitrogens with zero attached hydrogens (tertiary/aromatic N) is 2. The van der Waals surface area contributed by atoms with E-state index in [9.17, 15) is 14.7 Å². The molecule has 0 radical (unpaired) electrons. The standard InChI is InChI=1S/C12H19N3O5.ClH/c1-14(2)4-7-5-15(12(19)13-11(7)18)10-3-8(17)9(6-16)20-10;/h5,8-10,16-17H,3-4,6H2,1-2H3,(H,13,18,19);1H. The monoisotopic (exact) mass is 321 g/mol. The summed E-state index contributed by atoms with van der Waals surface area (Å²) in [6.45, 7) is 0.0641. The minimum absolute atomic E-state index is 0. The minimum atomic E-state index is -0.832. The van der Waals surface area contributed by atoms with Gasteiger partial charge in [-0.15, -0.1) is 12.4 Å². The van der Waals surface area contributed by atoms with Gasteiger partial charge in [-0.25, -0.2) is 4.79 Å². The number of aromatic nitrogens is 2. The zero-order valence-corrected chi connectivity index (χ0v) is 12.7. The Morgan fingerprint density at radius 2 is 2.14 bits per heavy atom. The summed E-state index contributed by atoms with van der Waals surface area (Å²) in [4.78, 5) is 27.6. The van der Waals surface area contributed by atoms with Crippen LogP contribution in [-0.2, 0) is 11.3 Å². The van der Waals surface area contributed by atoms with Crippen LogP contribution < -0.4 is 11.2 Å². The molecule has 0 bridgehead atoms. The predicted molar refractivity (Wildman–Crippen MR) is 77.6 cm³/mol. The number of nitrogens with one attached hydrogen (secondary N) is 1. The summed E-state index contributed by atoms with van der Waals surface area (Å²) < 4.78 is 6.67. The van der Waals surface area contributed by atoms with Gasteiger partial charge in [0.2, 0.25) is 0 Å². The van der Waals surface area contributed by atoms with Crippen LogP contribution in [0.15, 0.2) is 15.8 Å². The van der Waals surface area contributed by atoms with Crippen molar-refractivity contribution in [1.82, 2.24) is 14.5 Å². The Hall–Kier alpha value is -1.19. The molecule has 1 aliphatic rings. The Kier molecular flexibility index (Phi) is 6.11. The number of hydrogen-bond acceptors (Lipinski definition) is 6. The summed E-state index contributed by atoms with van der Waals surface area (Å²) in [6, 6.07) is 0. The molecule has 21 heavy (non-hydrogen) atoms. The first-order valence-corrected chi connectivity index (χ1v) is 6.36. The van der Waals surface area contributed by atoms with Crippen LogP contribution in [0.3, 0.4) is 0 Å². The van der Waals surface area contributed by atoms with Gasteiger partial charge in [0.25, 0.3) is 5.56 Å². The highest BCUT2D eigenvalue weighted by Gasteiger charge is 2.35. The first-order valence-electron chi connectivity index (χ1n) is 6.36. The summed E-state index contributed by atoms with van der Waals surface area (Å²) in [6.07, 6.45) is -0.596. The van der Waals surface area contributed by atoms with E-state index in [2.05, 4.69) is 4.98 Å². The van der Waals surface area contributed by atoms with Gasteiger partial charge < -0.3 is 19.8 Å². The zero-order valence-electron chi connectivity index (χ0n) is 11.9. The topological polar surface area (TPSA) is 108 Å². The van der Waals surface area contributed by atoms with E-state index in [0.29, 0.717) is 12.1 Å². The van der Waals surface area contributed by atoms with E-state index in [1.807, 2.05) is 14.1 Å². The quantitative estimate of drug-likeness (QED) is 0.633. The van der Waals surface area contributed by atoms with Crippen LogP contribution in [0.4, 0.5) is 0 Å². The Morgan fingerprint density at radius 1 is 1.48 bits per heavy atom. The largest absolute Gasteiger partial charge is 0.394 e. The van der Waals surface area contributed by atoms with Gasteiger partial charge >= 0.3 is 5.69 Å². The number of halogens is 1. The Labute approximate surface area is 127 Å². The smallest absolute Gasteiger partial charge is 0.330 e. The molecule has 8 nitrogen and oxygen atoms in total. The Bertz CT molecular complexity index is 585. The molecule has 1 aliphatic heterocycles. The van der Waals surface area contributed by atoms with Crippen LogP contribution in [-0.4, -0.2) is 57.6 Å². The van der Waals surface area contributed by atoms with E-state index in [1.165, 1.54) is 10.8 Å². The van der Waals surface area contributed by atoms with Crippen molar-refractivity contribution in [2.24, 2.45) is 0 Å². The van der Waals surface area contributed by atoms with Crippen molar-refractivity contribution in [2.75, 3.05) is 20.7 Å². The first-order chi connectivity index (χ1) is 9.42. The number of ether oxygens (including phenoxy) is 1.